The van der Waals surface area contributed by atoms with Crippen LogP contribution in [-0.4, -0.2) is 52.4 Å². The Bertz CT molecular complexity index is 414. The molecule has 0 aliphatic heterocycles. The molecular weight excluding hydrogens is 236 g/mol. The van der Waals surface area contributed by atoms with Crippen molar-refractivity contribution < 1.29 is 14.3 Å². The van der Waals surface area contributed by atoms with E-state index >= 15 is 0 Å². The van der Waals surface area contributed by atoms with E-state index in [0.29, 0.717) is 11.8 Å². The molecule has 7 nitrogen and oxygen atoms in total. The summed E-state index contributed by atoms with van der Waals surface area (Å²) in [5.41, 5.74) is 0. The molecule has 18 heavy (non-hydrogen) atoms. The first-order valence-corrected chi connectivity index (χ1v) is 5.99. The van der Waals surface area contributed by atoms with Crippen molar-refractivity contribution >= 4 is 11.9 Å². The van der Waals surface area contributed by atoms with Gasteiger partial charge in [-0.25, -0.2) is 0 Å². The van der Waals surface area contributed by atoms with Gasteiger partial charge >= 0.3 is 6.01 Å². The molecule has 0 atom stereocenters. The normalized spacial score (nSPS) is 22.9. The van der Waals surface area contributed by atoms with Crippen molar-refractivity contribution in [1.29, 1.82) is 0 Å². The lowest BCUT2D eigenvalue weighted by molar-refractivity contribution is -0.117. The van der Waals surface area contributed by atoms with Crippen molar-refractivity contribution in [3.63, 3.8) is 0 Å². The summed E-state index contributed by atoms with van der Waals surface area (Å²) in [5.74, 6) is 0.728. The lowest BCUT2D eigenvalue weighted by Crippen LogP contribution is -2.39. The minimum Gasteiger partial charge on any atom is -0.408 e. The second-order valence-corrected chi connectivity index (χ2v) is 4.86. The highest BCUT2D eigenvalue weighted by atomic mass is 16.4. The number of carbonyl (C=O) groups excluding carboxylic acids is 1. The summed E-state index contributed by atoms with van der Waals surface area (Å²) < 4.78 is 5.06. The fourth-order valence-corrected chi connectivity index (χ4v) is 2.11. The number of amides is 1. The lowest BCUT2D eigenvalue weighted by atomic mass is 9.82. The first-order valence-electron chi connectivity index (χ1n) is 5.99. The van der Waals surface area contributed by atoms with Gasteiger partial charge in [0.2, 0.25) is 11.8 Å². The highest BCUT2D eigenvalue weighted by Gasteiger charge is 2.28. The summed E-state index contributed by atoms with van der Waals surface area (Å²) in [7, 11) is 1.88. The fourth-order valence-electron chi connectivity index (χ4n) is 2.11. The van der Waals surface area contributed by atoms with Crippen LogP contribution < -0.4 is 5.32 Å². The van der Waals surface area contributed by atoms with E-state index in [9.17, 15) is 9.90 Å². The highest BCUT2D eigenvalue weighted by Crippen LogP contribution is 2.27. The molecule has 1 saturated carbocycles. The molecule has 100 valence electrons. The Balaban J connectivity index is 1.70. The predicted octanol–water partition coefficient (Wildman–Crippen LogP) is 0.0192. The van der Waals surface area contributed by atoms with Gasteiger partial charge in [-0.1, -0.05) is 5.10 Å². The number of hydrogen-bond acceptors (Lipinski definition) is 6. The second kappa shape index (κ2) is 5.45. The summed E-state index contributed by atoms with van der Waals surface area (Å²) in [4.78, 5) is 13.6. The maximum atomic E-state index is 11.7. The largest absolute Gasteiger partial charge is 0.408 e. The Labute approximate surface area is 105 Å². The average Bonchev–Trinajstić information content (AvgIpc) is 2.61. The Hall–Kier alpha value is -1.47. The van der Waals surface area contributed by atoms with Crippen molar-refractivity contribution in [2.75, 3.05) is 25.5 Å². The van der Waals surface area contributed by atoms with Crippen LogP contribution in [0.3, 0.4) is 0 Å². The number of aliphatic hydroxyl groups excluding tert-OH is 1. The standard InChI is InChI=1S/C11H18N4O3/c1-7-13-14-11(18-7)12-10(17)6-15(2)5-8-3-9(16)4-8/h8-9,16H,3-6H2,1-2H3,(H,12,14,17). The van der Waals surface area contributed by atoms with Crippen molar-refractivity contribution in [2.45, 2.75) is 25.9 Å². The van der Waals surface area contributed by atoms with E-state index < -0.39 is 0 Å². The number of nitrogens with zero attached hydrogens (tertiary/aromatic N) is 3. The molecule has 0 bridgehead atoms. The maximum absolute atomic E-state index is 11.7. The molecule has 2 N–H and O–H groups in total. The number of carbonyl (C=O) groups is 1. The molecule has 0 saturated heterocycles. The van der Waals surface area contributed by atoms with E-state index in [1.165, 1.54) is 0 Å². The number of anilines is 1. The molecule has 1 amide bonds. The van der Waals surface area contributed by atoms with E-state index in [0.717, 1.165) is 19.4 Å². The SMILES string of the molecule is Cc1nnc(NC(=O)CN(C)CC2CC(O)C2)o1. The summed E-state index contributed by atoms with van der Waals surface area (Å²) in [5, 5.41) is 19.0. The van der Waals surface area contributed by atoms with Gasteiger partial charge in [0.1, 0.15) is 0 Å². The zero-order chi connectivity index (χ0) is 13.1. The Morgan fingerprint density at radius 2 is 2.28 bits per heavy atom. The summed E-state index contributed by atoms with van der Waals surface area (Å²) >= 11 is 0. The van der Waals surface area contributed by atoms with Crippen LogP contribution >= 0.6 is 0 Å². The van der Waals surface area contributed by atoms with Crippen LogP contribution in [0, 0.1) is 12.8 Å². The fraction of sp³-hybridized carbons (Fsp3) is 0.727. The van der Waals surface area contributed by atoms with Gasteiger partial charge in [-0.05, 0) is 25.8 Å². The molecule has 2 rings (SSSR count). The smallest absolute Gasteiger partial charge is 0.322 e. The number of likely N-dealkylation sites (N-methyl/N-ethyl adjacent to an activating group) is 1. The zero-order valence-corrected chi connectivity index (χ0v) is 10.6. The minimum atomic E-state index is -0.180. The number of aliphatic hydroxyl groups is 1. The number of aromatic nitrogens is 2. The average molecular weight is 254 g/mol. The number of hydrogen-bond donors (Lipinski definition) is 2. The van der Waals surface area contributed by atoms with Crippen LogP contribution in [0.2, 0.25) is 0 Å². The van der Waals surface area contributed by atoms with Crippen molar-refractivity contribution in [3.05, 3.63) is 5.89 Å². The molecule has 1 aromatic heterocycles. The predicted molar refractivity (Wildman–Crippen MR) is 63.9 cm³/mol. The second-order valence-electron chi connectivity index (χ2n) is 4.86. The topological polar surface area (TPSA) is 91.5 Å². The third-order valence-electron chi connectivity index (χ3n) is 2.97. The Morgan fingerprint density at radius 3 is 2.83 bits per heavy atom. The van der Waals surface area contributed by atoms with Crippen LogP contribution in [0.25, 0.3) is 0 Å². The number of nitrogens with one attached hydrogen (secondary N) is 1. The number of rotatable bonds is 5. The van der Waals surface area contributed by atoms with E-state index in [4.69, 9.17) is 4.42 Å². The van der Waals surface area contributed by atoms with Gasteiger partial charge in [0, 0.05) is 13.5 Å². The minimum absolute atomic E-state index is 0.130. The molecular formula is C11H18N4O3. The monoisotopic (exact) mass is 254 g/mol. The van der Waals surface area contributed by atoms with E-state index in [2.05, 4.69) is 15.5 Å². The molecule has 0 unspecified atom stereocenters. The van der Waals surface area contributed by atoms with Gasteiger partial charge in [-0.2, -0.15) is 0 Å². The van der Waals surface area contributed by atoms with Gasteiger partial charge in [-0.3, -0.25) is 15.0 Å². The van der Waals surface area contributed by atoms with E-state index in [-0.39, 0.29) is 24.6 Å². The van der Waals surface area contributed by atoms with Crippen LogP contribution in [0.4, 0.5) is 6.01 Å². The third-order valence-corrected chi connectivity index (χ3v) is 2.97. The van der Waals surface area contributed by atoms with Crippen LogP contribution in [-0.2, 0) is 4.79 Å². The maximum Gasteiger partial charge on any atom is 0.322 e. The molecule has 1 heterocycles. The van der Waals surface area contributed by atoms with E-state index in [1.54, 1.807) is 6.92 Å². The first-order chi connectivity index (χ1) is 8.52. The van der Waals surface area contributed by atoms with Crippen molar-refractivity contribution in [3.8, 4) is 0 Å². The first kappa shape index (κ1) is 13.0. The van der Waals surface area contributed by atoms with Crippen LogP contribution in [0.15, 0.2) is 4.42 Å². The van der Waals surface area contributed by atoms with Gasteiger partial charge in [0.05, 0.1) is 12.6 Å². The molecule has 1 aliphatic carbocycles. The molecule has 1 fully saturated rings. The summed E-state index contributed by atoms with van der Waals surface area (Å²) in [6.45, 7) is 2.75. The number of aryl methyl sites for hydroxylation is 1. The zero-order valence-electron chi connectivity index (χ0n) is 10.6. The lowest BCUT2D eigenvalue weighted by Gasteiger charge is -2.34. The van der Waals surface area contributed by atoms with Crippen LogP contribution in [0.1, 0.15) is 18.7 Å². The quantitative estimate of drug-likeness (QED) is 0.769. The summed E-state index contributed by atoms with van der Waals surface area (Å²) in [6.07, 6.45) is 1.50. The van der Waals surface area contributed by atoms with Gasteiger partial charge in [-0.15, -0.1) is 5.10 Å². The highest BCUT2D eigenvalue weighted by molar-refractivity contribution is 5.90. The molecule has 0 radical (unpaired) electrons. The van der Waals surface area contributed by atoms with Gasteiger partial charge in [0.15, 0.2) is 0 Å². The van der Waals surface area contributed by atoms with Crippen molar-refractivity contribution in [2.24, 2.45) is 5.92 Å². The molecule has 1 aliphatic rings. The Kier molecular flexibility index (Phi) is 3.93. The molecule has 7 heteroatoms. The van der Waals surface area contributed by atoms with Gasteiger partial charge < -0.3 is 9.52 Å². The van der Waals surface area contributed by atoms with Crippen LogP contribution in [0.5, 0.6) is 0 Å². The van der Waals surface area contributed by atoms with Crippen molar-refractivity contribution in [1.82, 2.24) is 15.1 Å². The Morgan fingerprint density at radius 1 is 1.56 bits per heavy atom. The summed E-state index contributed by atoms with van der Waals surface area (Å²) in [6, 6.07) is 0.130. The molecule has 0 aromatic carbocycles. The van der Waals surface area contributed by atoms with E-state index in [1.807, 2.05) is 11.9 Å². The van der Waals surface area contributed by atoms with Gasteiger partial charge in [0.25, 0.3) is 0 Å². The molecule has 1 aromatic rings. The third kappa shape index (κ3) is 3.51. The molecule has 0 spiro atoms.